The van der Waals surface area contributed by atoms with Crippen LogP contribution in [0.25, 0.3) is 0 Å². The van der Waals surface area contributed by atoms with Gasteiger partial charge in [-0.25, -0.2) is 0 Å². The second-order valence-corrected chi connectivity index (χ2v) is 7.37. The number of likely N-dealkylation sites (tertiary alicyclic amines) is 1. The Morgan fingerprint density at radius 3 is 2.72 bits per heavy atom. The van der Waals surface area contributed by atoms with Crippen LogP contribution in [0.5, 0.6) is 0 Å². The highest BCUT2D eigenvalue weighted by Gasteiger charge is 2.39. The van der Waals surface area contributed by atoms with E-state index in [9.17, 15) is 19.7 Å². The highest BCUT2D eigenvalue weighted by Crippen LogP contribution is 2.26. The maximum atomic E-state index is 12.5. The topological polar surface area (TPSA) is 131 Å². The van der Waals surface area contributed by atoms with Gasteiger partial charge >= 0.3 is 0 Å². The predicted octanol–water partition coefficient (Wildman–Crippen LogP) is 2.30. The molecule has 0 saturated carbocycles. The van der Waals surface area contributed by atoms with Gasteiger partial charge in [0.1, 0.15) is 5.25 Å². The number of hydrogen-bond donors (Lipinski definition) is 1. The van der Waals surface area contributed by atoms with E-state index < -0.39 is 10.2 Å². The average molecular weight is 411 g/mol. The van der Waals surface area contributed by atoms with Crippen LogP contribution in [0.1, 0.15) is 17.5 Å². The van der Waals surface area contributed by atoms with Crippen molar-refractivity contribution in [2.75, 3.05) is 0 Å². The number of nitrogens with zero attached hydrogens (tertiary/aromatic N) is 4. The third-order valence-electron chi connectivity index (χ3n) is 4.09. The molecule has 0 unspecified atom stereocenters. The van der Waals surface area contributed by atoms with E-state index in [4.69, 9.17) is 5.73 Å². The summed E-state index contributed by atoms with van der Waals surface area (Å²) in [6.45, 7) is 0.220. The first-order chi connectivity index (χ1) is 13.9. The van der Waals surface area contributed by atoms with Gasteiger partial charge in [0, 0.05) is 24.1 Å². The van der Waals surface area contributed by atoms with Gasteiger partial charge in [0.25, 0.3) is 5.69 Å². The standard InChI is InChI=1S/C19H17N5O4S/c20-19(22-21-11-14-7-4-8-15(9-14)24(27)28)29-16-10-17(25)23(18(16)26)12-13-5-2-1-3-6-13/h1-9,11,16H,10,12H2,(H2,20,22)/b21-11-/t16-/m0/s1. The van der Waals surface area contributed by atoms with E-state index in [0.717, 1.165) is 17.3 Å². The lowest BCUT2D eigenvalue weighted by Crippen LogP contribution is -2.31. The number of non-ortho nitro benzene ring substituents is 1. The molecule has 1 atom stereocenters. The first-order valence-electron chi connectivity index (χ1n) is 8.60. The van der Waals surface area contributed by atoms with Crippen molar-refractivity contribution in [2.24, 2.45) is 15.9 Å². The normalized spacial score (nSPS) is 17.3. The molecule has 2 aromatic rings. The third-order valence-corrected chi connectivity index (χ3v) is 5.07. The van der Waals surface area contributed by atoms with Gasteiger partial charge in [0.05, 0.1) is 17.7 Å². The number of carbonyl (C=O) groups excluding carboxylic acids is 2. The van der Waals surface area contributed by atoms with E-state index in [2.05, 4.69) is 10.2 Å². The summed E-state index contributed by atoms with van der Waals surface area (Å²) in [7, 11) is 0. The van der Waals surface area contributed by atoms with Gasteiger partial charge in [-0.05, 0) is 5.56 Å². The minimum Gasteiger partial charge on any atom is -0.377 e. The highest BCUT2D eigenvalue weighted by molar-refractivity contribution is 8.14. The molecule has 3 rings (SSSR count). The van der Waals surface area contributed by atoms with E-state index in [1.54, 1.807) is 6.07 Å². The van der Waals surface area contributed by atoms with Crippen molar-refractivity contribution >= 4 is 40.6 Å². The minimum atomic E-state index is -0.650. The summed E-state index contributed by atoms with van der Waals surface area (Å²) in [5.74, 6) is -0.575. The fraction of sp³-hybridized carbons (Fsp3) is 0.158. The van der Waals surface area contributed by atoms with Crippen LogP contribution in [0.3, 0.4) is 0 Å². The maximum Gasteiger partial charge on any atom is 0.270 e. The smallest absolute Gasteiger partial charge is 0.270 e. The maximum absolute atomic E-state index is 12.5. The van der Waals surface area contributed by atoms with E-state index in [0.29, 0.717) is 5.56 Å². The molecule has 0 radical (unpaired) electrons. The third kappa shape index (κ3) is 5.26. The number of amides is 2. The summed E-state index contributed by atoms with van der Waals surface area (Å²) in [6, 6.07) is 15.1. The molecule has 1 aliphatic rings. The molecule has 2 aromatic carbocycles. The van der Waals surface area contributed by atoms with Gasteiger partial charge in [-0.15, -0.1) is 5.10 Å². The van der Waals surface area contributed by atoms with Gasteiger partial charge < -0.3 is 5.73 Å². The lowest BCUT2D eigenvalue weighted by Gasteiger charge is -2.14. The molecule has 10 heteroatoms. The van der Waals surface area contributed by atoms with Crippen LogP contribution < -0.4 is 5.73 Å². The van der Waals surface area contributed by atoms with E-state index in [-0.39, 0.29) is 35.6 Å². The summed E-state index contributed by atoms with van der Waals surface area (Å²) in [6.07, 6.45) is 1.37. The number of amidine groups is 1. The molecule has 1 saturated heterocycles. The number of imide groups is 1. The zero-order valence-corrected chi connectivity index (χ0v) is 16.0. The number of benzene rings is 2. The van der Waals surface area contributed by atoms with Gasteiger partial charge in [-0.2, -0.15) is 5.10 Å². The molecule has 0 spiro atoms. The molecule has 1 aliphatic heterocycles. The molecule has 29 heavy (non-hydrogen) atoms. The summed E-state index contributed by atoms with van der Waals surface area (Å²) in [5.41, 5.74) is 7.10. The molecule has 0 aliphatic carbocycles. The summed E-state index contributed by atoms with van der Waals surface area (Å²) in [5, 5.41) is 17.8. The first-order valence-corrected chi connectivity index (χ1v) is 9.48. The van der Waals surface area contributed by atoms with Crippen LogP contribution >= 0.6 is 11.8 Å². The number of nitro benzene ring substituents is 1. The van der Waals surface area contributed by atoms with Crippen LogP contribution in [-0.2, 0) is 16.1 Å². The average Bonchev–Trinajstić information content (AvgIpc) is 2.96. The SMILES string of the molecule is NC(=N/N=C\c1cccc([N+](=O)[O-])c1)S[C@H]1CC(=O)N(Cc2ccccc2)C1=O. The lowest BCUT2D eigenvalue weighted by molar-refractivity contribution is -0.384. The second-order valence-electron chi connectivity index (χ2n) is 6.15. The van der Waals surface area contributed by atoms with Crippen molar-refractivity contribution in [3.05, 3.63) is 75.8 Å². The Morgan fingerprint density at radius 2 is 2.00 bits per heavy atom. The highest BCUT2D eigenvalue weighted by atomic mass is 32.2. The van der Waals surface area contributed by atoms with E-state index >= 15 is 0 Å². The van der Waals surface area contributed by atoms with E-state index in [1.807, 2.05) is 30.3 Å². The Balaban J connectivity index is 1.60. The fourth-order valence-electron chi connectivity index (χ4n) is 2.72. The molecular weight excluding hydrogens is 394 g/mol. The van der Waals surface area contributed by atoms with E-state index in [1.165, 1.54) is 29.3 Å². The Labute approximate surface area is 170 Å². The van der Waals surface area contributed by atoms with Crippen molar-refractivity contribution in [1.29, 1.82) is 0 Å². The molecule has 9 nitrogen and oxygen atoms in total. The summed E-state index contributed by atoms with van der Waals surface area (Å²) in [4.78, 5) is 36.2. The molecule has 0 aromatic heterocycles. The number of carbonyl (C=O) groups is 2. The predicted molar refractivity (Wildman–Crippen MR) is 110 cm³/mol. The monoisotopic (exact) mass is 411 g/mol. The lowest BCUT2D eigenvalue weighted by atomic mass is 10.2. The number of thioether (sulfide) groups is 1. The zero-order chi connectivity index (χ0) is 20.8. The van der Waals surface area contributed by atoms with Gasteiger partial charge in [0.2, 0.25) is 11.8 Å². The summed E-state index contributed by atoms with van der Waals surface area (Å²) < 4.78 is 0. The van der Waals surface area contributed by atoms with Crippen molar-refractivity contribution in [2.45, 2.75) is 18.2 Å². The first kappa shape index (κ1) is 20.2. The Hall–Kier alpha value is -3.53. The van der Waals surface area contributed by atoms with Crippen LogP contribution in [0.4, 0.5) is 5.69 Å². The Kier molecular flexibility index (Phi) is 6.35. The van der Waals surface area contributed by atoms with Crippen molar-refractivity contribution in [1.82, 2.24) is 4.90 Å². The summed E-state index contributed by atoms with van der Waals surface area (Å²) >= 11 is 0.970. The van der Waals surface area contributed by atoms with Crippen LogP contribution in [0, 0.1) is 10.1 Å². The molecule has 2 N–H and O–H groups in total. The van der Waals surface area contributed by atoms with Crippen LogP contribution in [0.2, 0.25) is 0 Å². The quantitative estimate of drug-likeness (QED) is 0.255. The number of nitrogens with two attached hydrogens (primary N) is 1. The van der Waals surface area contributed by atoms with Crippen molar-refractivity contribution in [3.63, 3.8) is 0 Å². The minimum absolute atomic E-state index is 0.0272. The number of nitro groups is 1. The number of hydrogen-bond acceptors (Lipinski definition) is 7. The van der Waals surface area contributed by atoms with Gasteiger partial charge in [-0.1, -0.05) is 54.2 Å². The fourth-order valence-corrected chi connectivity index (χ4v) is 3.56. The van der Waals surface area contributed by atoms with Gasteiger partial charge in [0.15, 0.2) is 5.17 Å². The van der Waals surface area contributed by atoms with Crippen LogP contribution in [-0.4, -0.2) is 38.3 Å². The molecular formula is C19H17N5O4S. The molecule has 1 fully saturated rings. The second kappa shape index (κ2) is 9.11. The van der Waals surface area contributed by atoms with Crippen molar-refractivity contribution < 1.29 is 14.5 Å². The van der Waals surface area contributed by atoms with Gasteiger partial charge in [-0.3, -0.25) is 24.6 Å². The Morgan fingerprint density at radius 1 is 1.24 bits per heavy atom. The van der Waals surface area contributed by atoms with Crippen LogP contribution in [0.15, 0.2) is 64.8 Å². The molecule has 2 amide bonds. The molecule has 1 heterocycles. The Bertz CT molecular complexity index is 993. The largest absolute Gasteiger partial charge is 0.377 e. The molecule has 0 bridgehead atoms. The van der Waals surface area contributed by atoms with Crippen molar-refractivity contribution in [3.8, 4) is 0 Å². The zero-order valence-electron chi connectivity index (χ0n) is 15.2. The molecule has 148 valence electrons. The number of rotatable bonds is 6.